The third-order valence-corrected chi connectivity index (χ3v) is 5.94. The first-order valence-corrected chi connectivity index (χ1v) is 11.2. The van der Waals surface area contributed by atoms with Crippen molar-refractivity contribution in [3.63, 3.8) is 0 Å². The molecule has 3 nitrogen and oxygen atoms in total. The zero-order valence-electron chi connectivity index (χ0n) is 18.5. The molecule has 1 N–H and O–H groups in total. The first-order valence-electron chi connectivity index (χ1n) is 11.2. The molecule has 0 spiro atoms. The number of aliphatic hydroxyl groups is 1. The maximum atomic E-state index is 13.7. The Morgan fingerprint density at radius 3 is 1.61 bits per heavy atom. The van der Waals surface area contributed by atoms with Crippen molar-refractivity contribution in [2.45, 2.75) is 51.9 Å². The van der Waals surface area contributed by atoms with Crippen LogP contribution in [0.5, 0.6) is 0 Å². The lowest BCUT2D eigenvalue weighted by molar-refractivity contribution is -0.131. The zero-order valence-corrected chi connectivity index (χ0v) is 18.5. The van der Waals surface area contributed by atoms with Gasteiger partial charge in [0.2, 0.25) is 0 Å². The second-order valence-electron chi connectivity index (χ2n) is 8.25. The molecule has 3 aromatic carbocycles. The molecular weight excluding hydrogens is 382 g/mol. The van der Waals surface area contributed by atoms with E-state index < -0.39 is 12.0 Å². The summed E-state index contributed by atoms with van der Waals surface area (Å²) in [7, 11) is 0. The van der Waals surface area contributed by atoms with Crippen molar-refractivity contribution < 1.29 is 9.90 Å². The average Bonchev–Trinajstić information content (AvgIpc) is 2.82. The molecule has 0 saturated carbocycles. The van der Waals surface area contributed by atoms with Crippen LogP contribution in [-0.2, 0) is 24.3 Å². The molecule has 0 aromatic heterocycles. The van der Waals surface area contributed by atoms with Gasteiger partial charge in [-0.3, -0.25) is 9.69 Å². The molecule has 0 aliphatic carbocycles. The number of benzene rings is 3. The van der Waals surface area contributed by atoms with Gasteiger partial charge in [0.1, 0.15) is 0 Å². The number of carbonyl (C=O) groups is 1. The molecule has 31 heavy (non-hydrogen) atoms. The summed E-state index contributed by atoms with van der Waals surface area (Å²) < 4.78 is 0. The molecule has 0 bridgehead atoms. The maximum absolute atomic E-state index is 13.7. The molecule has 162 valence electrons. The van der Waals surface area contributed by atoms with E-state index in [1.807, 2.05) is 68.4 Å². The maximum Gasteiger partial charge on any atom is 0.155 e. The highest BCUT2D eigenvalue weighted by molar-refractivity contribution is 5.86. The van der Waals surface area contributed by atoms with Gasteiger partial charge in [0.15, 0.2) is 5.78 Å². The van der Waals surface area contributed by atoms with Crippen LogP contribution in [0, 0.1) is 5.92 Å². The normalized spacial score (nSPS) is 14.2. The van der Waals surface area contributed by atoms with Gasteiger partial charge in [0, 0.05) is 19.0 Å². The van der Waals surface area contributed by atoms with E-state index in [1.54, 1.807) is 0 Å². The molecular formula is C28H33NO2. The van der Waals surface area contributed by atoms with Gasteiger partial charge in [-0.15, -0.1) is 0 Å². The van der Waals surface area contributed by atoms with E-state index in [-0.39, 0.29) is 11.8 Å². The SMILES string of the molecule is CC[C@H](O)[C@H](C)C(=O)[C@H](Cc1ccccc1)N(Cc1ccccc1)Cc1ccccc1. The third kappa shape index (κ3) is 6.61. The van der Waals surface area contributed by atoms with Gasteiger partial charge in [-0.1, -0.05) is 105 Å². The van der Waals surface area contributed by atoms with Crippen LogP contribution in [0.1, 0.15) is 37.0 Å². The van der Waals surface area contributed by atoms with E-state index in [9.17, 15) is 9.90 Å². The van der Waals surface area contributed by atoms with Crippen molar-refractivity contribution in [3.8, 4) is 0 Å². The van der Waals surface area contributed by atoms with Crippen molar-refractivity contribution in [3.05, 3.63) is 108 Å². The minimum atomic E-state index is -0.624. The summed E-state index contributed by atoms with van der Waals surface area (Å²) >= 11 is 0. The molecule has 0 saturated heterocycles. The molecule has 0 radical (unpaired) electrons. The number of nitrogens with zero attached hydrogens (tertiary/aromatic N) is 1. The second kappa shape index (κ2) is 11.6. The Balaban J connectivity index is 1.96. The fourth-order valence-corrected chi connectivity index (χ4v) is 4.01. The number of carbonyl (C=O) groups excluding carboxylic acids is 1. The van der Waals surface area contributed by atoms with E-state index in [0.717, 1.165) is 5.56 Å². The van der Waals surface area contributed by atoms with Crippen molar-refractivity contribution in [1.82, 2.24) is 4.90 Å². The average molecular weight is 416 g/mol. The van der Waals surface area contributed by atoms with Crippen LogP contribution in [0.3, 0.4) is 0 Å². The van der Waals surface area contributed by atoms with Crippen LogP contribution >= 0.6 is 0 Å². The van der Waals surface area contributed by atoms with E-state index >= 15 is 0 Å². The molecule has 3 heteroatoms. The lowest BCUT2D eigenvalue weighted by Gasteiger charge is -2.33. The van der Waals surface area contributed by atoms with Crippen molar-refractivity contribution in [2.24, 2.45) is 5.92 Å². The third-order valence-electron chi connectivity index (χ3n) is 5.94. The first kappa shape index (κ1) is 22.9. The quantitative estimate of drug-likeness (QED) is 0.463. The molecule has 0 amide bonds. The van der Waals surface area contributed by atoms with E-state index in [1.165, 1.54) is 11.1 Å². The topological polar surface area (TPSA) is 40.5 Å². The molecule has 0 unspecified atom stereocenters. The highest BCUT2D eigenvalue weighted by atomic mass is 16.3. The lowest BCUT2D eigenvalue weighted by Crippen LogP contribution is -2.46. The molecule has 3 atom stereocenters. The van der Waals surface area contributed by atoms with Crippen LogP contribution in [0.4, 0.5) is 0 Å². The number of Topliss-reactive ketones (excluding diaryl/α,β-unsaturated/α-hetero) is 1. The van der Waals surface area contributed by atoms with Crippen molar-refractivity contribution >= 4 is 5.78 Å². The second-order valence-corrected chi connectivity index (χ2v) is 8.25. The largest absolute Gasteiger partial charge is 0.392 e. The highest BCUT2D eigenvalue weighted by Crippen LogP contribution is 2.22. The fraction of sp³-hybridized carbons (Fsp3) is 0.321. The Hall–Kier alpha value is -2.75. The zero-order chi connectivity index (χ0) is 22.1. The number of ketones is 1. The Bertz CT molecular complexity index is 870. The summed E-state index contributed by atoms with van der Waals surface area (Å²) in [6.45, 7) is 5.13. The summed E-state index contributed by atoms with van der Waals surface area (Å²) in [5.74, 6) is -0.308. The highest BCUT2D eigenvalue weighted by Gasteiger charge is 2.32. The van der Waals surface area contributed by atoms with Crippen LogP contribution in [0.25, 0.3) is 0 Å². The molecule has 0 heterocycles. The van der Waals surface area contributed by atoms with Gasteiger partial charge in [0.05, 0.1) is 12.1 Å². The first-order chi connectivity index (χ1) is 15.1. The number of hydrogen-bond acceptors (Lipinski definition) is 3. The Kier molecular flexibility index (Phi) is 8.57. The van der Waals surface area contributed by atoms with Gasteiger partial charge in [-0.05, 0) is 29.5 Å². The summed E-state index contributed by atoms with van der Waals surface area (Å²) in [6, 6.07) is 30.4. The molecule has 0 aliphatic heterocycles. The van der Waals surface area contributed by atoms with E-state index in [4.69, 9.17) is 0 Å². The van der Waals surface area contributed by atoms with E-state index in [0.29, 0.717) is 25.9 Å². The Morgan fingerprint density at radius 1 is 0.774 bits per heavy atom. The summed E-state index contributed by atoms with van der Waals surface area (Å²) in [5.41, 5.74) is 3.48. The van der Waals surface area contributed by atoms with Gasteiger partial charge in [-0.25, -0.2) is 0 Å². The molecule has 0 fully saturated rings. The van der Waals surface area contributed by atoms with Gasteiger partial charge >= 0.3 is 0 Å². The summed E-state index contributed by atoms with van der Waals surface area (Å²) in [6.07, 6.45) is 0.573. The van der Waals surface area contributed by atoms with E-state index in [2.05, 4.69) is 41.3 Å². The van der Waals surface area contributed by atoms with Crippen molar-refractivity contribution in [1.29, 1.82) is 0 Å². The molecule has 3 aromatic rings. The monoisotopic (exact) mass is 415 g/mol. The van der Waals surface area contributed by atoms with Crippen molar-refractivity contribution in [2.75, 3.05) is 0 Å². The van der Waals surface area contributed by atoms with Gasteiger partial charge < -0.3 is 5.11 Å². The Morgan fingerprint density at radius 2 is 1.19 bits per heavy atom. The number of aliphatic hydroxyl groups excluding tert-OH is 1. The molecule has 3 rings (SSSR count). The van der Waals surface area contributed by atoms with Gasteiger partial charge in [0.25, 0.3) is 0 Å². The predicted octanol–water partition coefficient (Wildman–Crippen LogP) is 5.28. The fourth-order valence-electron chi connectivity index (χ4n) is 4.01. The predicted molar refractivity (Wildman–Crippen MR) is 127 cm³/mol. The lowest BCUT2D eigenvalue weighted by atomic mass is 9.88. The summed E-state index contributed by atoms with van der Waals surface area (Å²) in [5, 5.41) is 10.4. The smallest absolute Gasteiger partial charge is 0.155 e. The minimum Gasteiger partial charge on any atom is -0.392 e. The molecule has 0 aliphatic rings. The summed E-state index contributed by atoms with van der Waals surface area (Å²) in [4.78, 5) is 15.9. The number of rotatable bonds is 11. The van der Waals surface area contributed by atoms with Gasteiger partial charge in [-0.2, -0.15) is 0 Å². The van der Waals surface area contributed by atoms with Crippen LogP contribution in [0.2, 0.25) is 0 Å². The van der Waals surface area contributed by atoms with Crippen LogP contribution in [-0.4, -0.2) is 27.9 Å². The van der Waals surface area contributed by atoms with Crippen LogP contribution in [0.15, 0.2) is 91.0 Å². The number of hydrogen-bond donors (Lipinski definition) is 1. The van der Waals surface area contributed by atoms with Crippen LogP contribution < -0.4 is 0 Å². The standard InChI is InChI=1S/C28H33NO2/c1-3-27(30)22(2)28(31)26(19-23-13-7-4-8-14-23)29(20-24-15-9-5-10-16-24)21-25-17-11-6-12-18-25/h4-18,22,26-27,30H,3,19-21H2,1-2H3/t22-,26-,27-/m0/s1. The Labute approximate surface area is 186 Å². The minimum absolute atomic E-state index is 0.102.